The third kappa shape index (κ3) is 1.40. The van der Waals surface area contributed by atoms with Crippen molar-refractivity contribution in [3.63, 3.8) is 0 Å². The molecular weight excluding hydrogens is 144 g/mol. The molecule has 0 N–H and O–H groups in total. The zero-order valence-corrected chi connectivity index (χ0v) is 7.38. The van der Waals surface area contributed by atoms with Crippen molar-refractivity contribution in [2.45, 2.75) is 18.8 Å². The number of nitrogens with zero attached hydrogens (tertiary/aromatic N) is 2. The van der Waals surface area contributed by atoms with E-state index in [0.717, 1.165) is 6.54 Å². The average Bonchev–Trinajstić information content (AvgIpc) is 2.20. The average molecular weight is 158 g/mol. The Morgan fingerprint density at radius 2 is 2.20 bits per heavy atom. The molecule has 1 aliphatic heterocycles. The Kier molecular flexibility index (Phi) is 2.49. The molecule has 0 spiro atoms. The predicted molar refractivity (Wildman–Crippen MR) is 46.7 cm³/mol. The molecule has 58 valence electrons. The molecule has 0 amide bonds. The van der Waals surface area contributed by atoms with E-state index in [4.69, 9.17) is 0 Å². The molecule has 0 aromatic rings. The Balaban J connectivity index is 2.41. The van der Waals surface area contributed by atoms with Gasteiger partial charge in [-0.3, -0.25) is 0 Å². The minimum atomic E-state index is 0.250. The summed E-state index contributed by atoms with van der Waals surface area (Å²) in [6.07, 6.45) is 5.31. The quantitative estimate of drug-likeness (QED) is 0.606. The highest BCUT2D eigenvalue weighted by Gasteiger charge is 2.17. The van der Waals surface area contributed by atoms with Crippen molar-refractivity contribution in [2.24, 2.45) is 0 Å². The van der Waals surface area contributed by atoms with Gasteiger partial charge in [0.1, 0.15) is 5.50 Å². The maximum Gasteiger partial charge on any atom is 0.146 e. The Bertz CT molecular complexity index is 136. The minimum absolute atomic E-state index is 0.250. The molecule has 0 radical (unpaired) electrons. The highest BCUT2D eigenvalue weighted by atomic mass is 32.1. The molecule has 3 heteroatoms. The molecule has 1 atom stereocenters. The van der Waals surface area contributed by atoms with Gasteiger partial charge in [-0.25, -0.2) is 0 Å². The zero-order chi connectivity index (χ0) is 7.56. The summed E-state index contributed by atoms with van der Waals surface area (Å²) < 4.78 is 0. The lowest BCUT2D eigenvalue weighted by molar-refractivity contribution is 0.265. The van der Waals surface area contributed by atoms with Crippen molar-refractivity contribution in [3.05, 3.63) is 12.4 Å². The lowest BCUT2D eigenvalue weighted by atomic mass is 10.4. The van der Waals surface area contributed by atoms with E-state index in [1.807, 2.05) is 13.2 Å². The van der Waals surface area contributed by atoms with E-state index in [-0.39, 0.29) is 5.50 Å². The van der Waals surface area contributed by atoms with Crippen LogP contribution in [-0.2, 0) is 0 Å². The SMILES string of the molecule is CCCN1C=CN(C)C1S. The molecule has 1 rings (SSSR count). The summed E-state index contributed by atoms with van der Waals surface area (Å²) in [5, 5.41) is 0. The van der Waals surface area contributed by atoms with E-state index < -0.39 is 0 Å². The van der Waals surface area contributed by atoms with Gasteiger partial charge in [-0.1, -0.05) is 6.92 Å². The van der Waals surface area contributed by atoms with Crippen LogP contribution in [0.3, 0.4) is 0 Å². The van der Waals surface area contributed by atoms with Gasteiger partial charge in [0.2, 0.25) is 0 Å². The Labute approximate surface area is 67.9 Å². The summed E-state index contributed by atoms with van der Waals surface area (Å²) in [7, 11) is 2.03. The zero-order valence-electron chi connectivity index (χ0n) is 6.49. The van der Waals surface area contributed by atoms with Crippen LogP contribution in [0.25, 0.3) is 0 Å². The van der Waals surface area contributed by atoms with Crippen LogP contribution in [0.4, 0.5) is 0 Å². The van der Waals surface area contributed by atoms with Crippen molar-refractivity contribution in [1.82, 2.24) is 9.80 Å². The maximum atomic E-state index is 4.41. The van der Waals surface area contributed by atoms with Crippen LogP contribution in [0.15, 0.2) is 12.4 Å². The fourth-order valence-electron chi connectivity index (χ4n) is 1.03. The summed E-state index contributed by atoms with van der Waals surface area (Å²) >= 11 is 4.41. The molecule has 2 nitrogen and oxygen atoms in total. The van der Waals surface area contributed by atoms with Gasteiger partial charge in [-0.05, 0) is 6.42 Å². The number of hydrogen-bond acceptors (Lipinski definition) is 3. The van der Waals surface area contributed by atoms with Gasteiger partial charge < -0.3 is 9.80 Å². The fourth-order valence-corrected chi connectivity index (χ4v) is 1.30. The normalized spacial score (nSPS) is 24.5. The van der Waals surface area contributed by atoms with Crippen LogP contribution in [0.2, 0.25) is 0 Å². The van der Waals surface area contributed by atoms with Gasteiger partial charge in [-0.2, -0.15) is 0 Å². The van der Waals surface area contributed by atoms with Gasteiger partial charge in [0.25, 0.3) is 0 Å². The van der Waals surface area contributed by atoms with Gasteiger partial charge in [0, 0.05) is 26.0 Å². The molecular formula is C7H14N2S. The van der Waals surface area contributed by atoms with Crippen molar-refractivity contribution in [2.75, 3.05) is 13.6 Å². The Morgan fingerprint density at radius 3 is 2.60 bits per heavy atom. The molecule has 10 heavy (non-hydrogen) atoms. The number of hydrogen-bond donors (Lipinski definition) is 1. The molecule has 1 aliphatic rings. The first-order chi connectivity index (χ1) is 4.75. The first-order valence-corrected chi connectivity index (χ1v) is 4.11. The van der Waals surface area contributed by atoms with Crippen LogP contribution in [-0.4, -0.2) is 28.9 Å². The smallest absolute Gasteiger partial charge is 0.146 e. The lowest BCUT2D eigenvalue weighted by Crippen LogP contribution is -2.31. The summed E-state index contributed by atoms with van der Waals surface area (Å²) in [4.78, 5) is 4.29. The van der Waals surface area contributed by atoms with Crippen LogP contribution >= 0.6 is 12.6 Å². The summed E-state index contributed by atoms with van der Waals surface area (Å²) in [6, 6.07) is 0. The summed E-state index contributed by atoms with van der Waals surface area (Å²) in [5.74, 6) is 0. The van der Waals surface area contributed by atoms with E-state index in [1.54, 1.807) is 0 Å². The molecule has 0 aromatic carbocycles. The van der Waals surface area contributed by atoms with Gasteiger partial charge in [0.05, 0.1) is 0 Å². The van der Waals surface area contributed by atoms with Crippen LogP contribution in [0, 0.1) is 0 Å². The number of rotatable bonds is 2. The van der Waals surface area contributed by atoms with E-state index in [9.17, 15) is 0 Å². The molecule has 0 saturated heterocycles. The number of thiol groups is 1. The first kappa shape index (κ1) is 7.79. The minimum Gasteiger partial charge on any atom is -0.351 e. The van der Waals surface area contributed by atoms with Crippen LogP contribution in [0.1, 0.15) is 13.3 Å². The Morgan fingerprint density at radius 1 is 1.50 bits per heavy atom. The second-order valence-corrected chi connectivity index (χ2v) is 3.01. The van der Waals surface area contributed by atoms with E-state index >= 15 is 0 Å². The monoisotopic (exact) mass is 158 g/mol. The predicted octanol–water partition coefficient (Wildman–Crippen LogP) is 1.33. The van der Waals surface area contributed by atoms with E-state index in [0.29, 0.717) is 0 Å². The van der Waals surface area contributed by atoms with E-state index in [1.165, 1.54) is 6.42 Å². The largest absolute Gasteiger partial charge is 0.351 e. The van der Waals surface area contributed by atoms with Gasteiger partial charge in [-0.15, -0.1) is 12.6 Å². The van der Waals surface area contributed by atoms with Gasteiger partial charge in [0.15, 0.2) is 0 Å². The van der Waals surface area contributed by atoms with Crippen molar-refractivity contribution >= 4 is 12.6 Å². The van der Waals surface area contributed by atoms with Gasteiger partial charge >= 0.3 is 0 Å². The fraction of sp³-hybridized carbons (Fsp3) is 0.714. The molecule has 0 bridgehead atoms. The van der Waals surface area contributed by atoms with E-state index in [2.05, 4.69) is 35.6 Å². The lowest BCUT2D eigenvalue weighted by Gasteiger charge is -2.25. The topological polar surface area (TPSA) is 6.48 Å². The third-order valence-electron chi connectivity index (χ3n) is 1.64. The standard InChI is InChI=1S/C7H14N2S/c1-3-4-9-6-5-8(2)7(9)10/h5-7,10H,3-4H2,1-2H3. The van der Waals surface area contributed by atoms with Crippen molar-refractivity contribution in [3.8, 4) is 0 Å². The van der Waals surface area contributed by atoms with Crippen molar-refractivity contribution in [1.29, 1.82) is 0 Å². The molecule has 0 aliphatic carbocycles. The Hall–Kier alpha value is -0.310. The maximum absolute atomic E-state index is 4.41. The highest BCUT2D eigenvalue weighted by Crippen LogP contribution is 2.16. The summed E-state index contributed by atoms with van der Waals surface area (Å²) in [5.41, 5.74) is 0.250. The van der Waals surface area contributed by atoms with Crippen LogP contribution in [0.5, 0.6) is 0 Å². The molecule has 1 heterocycles. The highest BCUT2D eigenvalue weighted by molar-refractivity contribution is 7.80. The third-order valence-corrected chi connectivity index (χ3v) is 2.30. The molecule has 0 saturated carbocycles. The van der Waals surface area contributed by atoms with Crippen molar-refractivity contribution < 1.29 is 0 Å². The first-order valence-electron chi connectivity index (χ1n) is 3.59. The second-order valence-electron chi connectivity index (χ2n) is 2.55. The second kappa shape index (κ2) is 3.19. The molecule has 0 fully saturated rings. The van der Waals surface area contributed by atoms with Crippen LogP contribution < -0.4 is 0 Å². The summed E-state index contributed by atoms with van der Waals surface area (Å²) in [6.45, 7) is 3.27. The molecule has 0 aromatic heterocycles. The molecule has 1 unspecified atom stereocenters.